The second-order valence-electron chi connectivity index (χ2n) is 5.30. The summed E-state index contributed by atoms with van der Waals surface area (Å²) < 4.78 is 6.12. The number of methoxy groups -OCH3 is 1. The lowest BCUT2D eigenvalue weighted by atomic mass is 10.3. The van der Waals surface area contributed by atoms with Crippen LogP contribution in [0.4, 0.5) is 0 Å². The van der Waals surface area contributed by atoms with E-state index in [4.69, 9.17) is 4.74 Å². The standard InChI is InChI=1S/C14H22N4O4/c1-22-10-9-16-5-2-6-17(8-7-16)14(21)11-18-13(20)4-3-12(19)15-18/h3-4H,2,5-11H2,1H3,(H,15,19). The Labute approximate surface area is 128 Å². The van der Waals surface area contributed by atoms with E-state index < -0.39 is 5.56 Å². The van der Waals surface area contributed by atoms with Gasteiger partial charge in [-0.25, -0.2) is 4.68 Å². The molecule has 1 amide bonds. The van der Waals surface area contributed by atoms with Crippen LogP contribution in [-0.2, 0) is 16.1 Å². The van der Waals surface area contributed by atoms with Crippen molar-refractivity contribution in [3.63, 3.8) is 0 Å². The van der Waals surface area contributed by atoms with Gasteiger partial charge in [0, 0.05) is 45.4 Å². The summed E-state index contributed by atoms with van der Waals surface area (Å²) in [6, 6.07) is 2.32. The molecule has 0 atom stereocenters. The van der Waals surface area contributed by atoms with Crippen molar-refractivity contribution in [3.8, 4) is 0 Å². The lowest BCUT2D eigenvalue weighted by Crippen LogP contribution is -2.40. The maximum Gasteiger partial charge on any atom is 0.265 e. The van der Waals surface area contributed by atoms with Crippen LogP contribution in [0.15, 0.2) is 21.7 Å². The highest BCUT2D eigenvalue weighted by Gasteiger charge is 2.19. The fraction of sp³-hybridized carbons (Fsp3) is 0.643. The predicted octanol–water partition coefficient (Wildman–Crippen LogP) is -1.28. The van der Waals surface area contributed by atoms with Crippen molar-refractivity contribution >= 4 is 5.91 Å². The Morgan fingerprint density at radius 2 is 2.05 bits per heavy atom. The Kier molecular flexibility index (Phi) is 5.91. The van der Waals surface area contributed by atoms with Gasteiger partial charge in [-0.05, 0) is 13.0 Å². The maximum absolute atomic E-state index is 12.3. The van der Waals surface area contributed by atoms with Crippen molar-refractivity contribution in [2.24, 2.45) is 0 Å². The average molecular weight is 310 g/mol. The zero-order valence-electron chi connectivity index (χ0n) is 12.8. The summed E-state index contributed by atoms with van der Waals surface area (Å²) in [6.07, 6.45) is 0.885. The molecule has 0 spiro atoms. The van der Waals surface area contributed by atoms with E-state index in [0.29, 0.717) is 19.7 Å². The molecular weight excluding hydrogens is 288 g/mol. The van der Waals surface area contributed by atoms with Gasteiger partial charge >= 0.3 is 0 Å². The van der Waals surface area contributed by atoms with E-state index in [-0.39, 0.29) is 18.0 Å². The highest BCUT2D eigenvalue weighted by Crippen LogP contribution is 2.04. The Morgan fingerprint density at radius 1 is 1.23 bits per heavy atom. The van der Waals surface area contributed by atoms with Gasteiger partial charge in [0.2, 0.25) is 5.91 Å². The number of aromatic amines is 1. The fourth-order valence-corrected chi connectivity index (χ4v) is 2.48. The van der Waals surface area contributed by atoms with Gasteiger partial charge in [-0.15, -0.1) is 0 Å². The smallest absolute Gasteiger partial charge is 0.265 e. The molecule has 22 heavy (non-hydrogen) atoms. The third-order valence-electron chi connectivity index (χ3n) is 3.73. The van der Waals surface area contributed by atoms with Crippen LogP contribution >= 0.6 is 0 Å². The quantitative estimate of drug-likeness (QED) is 0.732. The zero-order valence-corrected chi connectivity index (χ0v) is 12.8. The molecule has 0 aliphatic carbocycles. The lowest BCUT2D eigenvalue weighted by molar-refractivity contribution is -0.132. The van der Waals surface area contributed by atoms with Gasteiger partial charge in [-0.2, -0.15) is 0 Å². The minimum Gasteiger partial charge on any atom is -0.383 e. The third-order valence-corrected chi connectivity index (χ3v) is 3.73. The summed E-state index contributed by atoms with van der Waals surface area (Å²) in [5, 5.41) is 2.37. The zero-order chi connectivity index (χ0) is 15.9. The van der Waals surface area contributed by atoms with Crippen molar-refractivity contribution in [1.29, 1.82) is 0 Å². The minimum absolute atomic E-state index is 0.132. The molecule has 0 radical (unpaired) electrons. The summed E-state index contributed by atoms with van der Waals surface area (Å²) in [4.78, 5) is 39.2. The summed E-state index contributed by atoms with van der Waals surface area (Å²) in [6.45, 7) is 4.39. The van der Waals surface area contributed by atoms with Crippen molar-refractivity contribution < 1.29 is 9.53 Å². The van der Waals surface area contributed by atoms with Crippen molar-refractivity contribution in [1.82, 2.24) is 19.6 Å². The molecule has 122 valence electrons. The summed E-state index contributed by atoms with van der Waals surface area (Å²) in [5.74, 6) is -0.155. The summed E-state index contributed by atoms with van der Waals surface area (Å²) in [5.41, 5.74) is -0.779. The Morgan fingerprint density at radius 3 is 2.82 bits per heavy atom. The molecule has 1 fully saturated rings. The fourth-order valence-electron chi connectivity index (χ4n) is 2.48. The molecular formula is C14H22N4O4. The highest BCUT2D eigenvalue weighted by molar-refractivity contribution is 5.75. The number of rotatable bonds is 5. The second kappa shape index (κ2) is 7.90. The molecule has 1 aromatic rings. The van der Waals surface area contributed by atoms with Gasteiger partial charge in [-0.3, -0.25) is 24.4 Å². The van der Waals surface area contributed by atoms with E-state index in [0.717, 1.165) is 36.8 Å². The number of hydrogen-bond donors (Lipinski definition) is 1. The molecule has 2 heterocycles. The molecule has 2 rings (SSSR count). The summed E-state index contributed by atoms with van der Waals surface area (Å²) >= 11 is 0. The number of hydrogen-bond acceptors (Lipinski definition) is 5. The van der Waals surface area contributed by atoms with E-state index >= 15 is 0 Å². The van der Waals surface area contributed by atoms with Gasteiger partial charge < -0.3 is 9.64 Å². The van der Waals surface area contributed by atoms with Crippen LogP contribution in [0.2, 0.25) is 0 Å². The maximum atomic E-state index is 12.3. The minimum atomic E-state index is -0.394. The number of carbonyl (C=O) groups excluding carboxylic acids is 1. The second-order valence-corrected chi connectivity index (χ2v) is 5.30. The Hall–Kier alpha value is -1.93. The number of H-pyrrole nitrogens is 1. The van der Waals surface area contributed by atoms with Crippen LogP contribution in [0.1, 0.15) is 6.42 Å². The number of aromatic nitrogens is 2. The first kappa shape index (κ1) is 16.4. The molecule has 1 aliphatic heterocycles. The molecule has 0 unspecified atom stereocenters. The number of nitrogens with zero attached hydrogens (tertiary/aromatic N) is 3. The Balaban J connectivity index is 1.94. The average Bonchev–Trinajstić information content (AvgIpc) is 2.74. The molecule has 1 aliphatic rings. The normalized spacial score (nSPS) is 16.5. The van der Waals surface area contributed by atoms with Crippen LogP contribution in [0, 0.1) is 0 Å². The van der Waals surface area contributed by atoms with Crippen molar-refractivity contribution in [2.45, 2.75) is 13.0 Å². The molecule has 1 saturated heterocycles. The predicted molar refractivity (Wildman–Crippen MR) is 80.8 cm³/mol. The third kappa shape index (κ3) is 4.54. The highest BCUT2D eigenvalue weighted by atomic mass is 16.5. The molecule has 1 aromatic heterocycles. The number of ether oxygens (including phenoxy) is 1. The molecule has 0 saturated carbocycles. The van der Waals surface area contributed by atoms with E-state index in [1.165, 1.54) is 6.07 Å². The van der Waals surface area contributed by atoms with Gasteiger partial charge in [0.05, 0.1) is 6.61 Å². The van der Waals surface area contributed by atoms with Gasteiger partial charge in [0.25, 0.3) is 11.1 Å². The molecule has 0 bridgehead atoms. The van der Waals surface area contributed by atoms with Crippen LogP contribution in [0.5, 0.6) is 0 Å². The largest absolute Gasteiger partial charge is 0.383 e. The van der Waals surface area contributed by atoms with Crippen LogP contribution in [0.25, 0.3) is 0 Å². The van der Waals surface area contributed by atoms with Crippen LogP contribution in [0.3, 0.4) is 0 Å². The van der Waals surface area contributed by atoms with Crippen molar-refractivity contribution in [3.05, 3.63) is 32.8 Å². The molecule has 0 aromatic carbocycles. The number of nitrogens with one attached hydrogen (secondary N) is 1. The SMILES string of the molecule is COCCN1CCCN(C(=O)Cn2[nH]c(=O)ccc2=O)CC1. The van der Waals surface area contributed by atoms with E-state index in [9.17, 15) is 14.4 Å². The van der Waals surface area contributed by atoms with Gasteiger partial charge in [0.15, 0.2) is 0 Å². The number of carbonyl (C=O) groups is 1. The van der Waals surface area contributed by atoms with Crippen LogP contribution < -0.4 is 11.1 Å². The van der Waals surface area contributed by atoms with E-state index in [2.05, 4.69) is 10.00 Å². The van der Waals surface area contributed by atoms with E-state index in [1.807, 2.05) is 0 Å². The first-order valence-electron chi connectivity index (χ1n) is 7.39. The first-order valence-corrected chi connectivity index (χ1v) is 7.39. The number of amides is 1. The van der Waals surface area contributed by atoms with Crippen molar-refractivity contribution in [2.75, 3.05) is 46.4 Å². The molecule has 1 N–H and O–H groups in total. The van der Waals surface area contributed by atoms with E-state index in [1.54, 1.807) is 12.0 Å². The topological polar surface area (TPSA) is 87.6 Å². The first-order chi connectivity index (χ1) is 10.6. The van der Waals surface area contributed by atoms with Gasteiger partial charge in [0.1, 0.15) is 6.54 Å². The van der Waals surface area contributed by atoms with Crippen LogP contribution in [-0.4, -0.2) is 71.9 Å². The summed E-state index contributed by atoms with van der Waals surface area (Å²) in [7, 11) is 1.67. The Bertz CT molecular complexity index is 609. The molecule has 8 heteroatoms. The monoisotopic (exact) mass is 310 g/mol. The molecule has 8 nitrogen and oxygen atoms in total. The lowest BCUT2D eigenvalue weighted by Gasteiger charge is -2.22. The van der Waals surface area contributed by atoms with Gasteiger partial charge in [-0.1, -0.05) is 0 Å².